The van der Waals surface area contributed by atoms with Gasteiger partial charge in [-0.1, -0.05) is 19.9 Å². The lowest BCUT2D eigenvalue weighted by atomic mass is 9.38. The molecule has 4 saturated carbocycles. The van der Waals surface area contributed by atoms with Gasteiger partial charge in [-0.15, -0.1) is 0 Å². The maximum Gasteiger partial charge on any atom is 0.309 e. The molecule has 3 N–H and O–H groups in total. The number of carbonyl (C=O) groups is 2. The maximum absolute atomic E-state index is 13.1. The van der Waals surface area contributed by atoms with Gasteiger partial charge in [0.05, 0.1) is 22.5 Å². The Hall–Kier alpha value is -1.20. The van der Waals surface area contributed by atoms with E-state index in [1.165, 1.54) is 0 Å². The van der Waals surface area contributed by atoms with Gasteiger partial charge < -0.3 is 15.3 Å². The number of hydrogen-bond acceptors (Lipinski definition) is 4. The Bertz CT molecular complexity index is 686. The molecule has 0 aromatic carbocycles. The quantitative estimate of drug-likeness (QED) is 0.632. The number of hydrogen-bond donors (Lipinski definition) is 3. The van der Waals surface area contributed by atoms with Gasteiger partial charge in [-0.25, -0.2) is 0 Å². The lowest BCUT2D eigenvalue weighted by Gasteiger charge is -2.67. The zero-order valence-corrected chi connectivity index (χ0v) is 15.0. The molecule has 0 radical (unpaired) electrons. The summed E-state index contributed by atoms with van der Waals surface area (Å²) in [7, 11) is 0. The fourth-order valence-electron chi connectivity index (χ4n) is 7.43. The van der Waals surface area contributed by atoms with Crippen LogP contribution in [0, 0.1) is 28.1 Å². The summed E-state index contributed by atoms with van der Waals surface area (Å²) in [6.45, 7) is 7.58. The molecule has 4 aliphatic carbocycles. The van der Waals surface area contributed by atoms with E-state index >= 15 is 0 Å². The predicted molar refractivity (Wildman–Crippen MR) is 90.7 cm³/mol. The van der Waals surface area contributed by atoms with Crippen LogP contribution in [0.25, 0.3) is 0 Å². The van der Waals surface area contributed by atoms with E-state index in [4.69, 9.17) is 0 Å². The van der Waals surface area contributed by atoms with Crippen LogP contribution in [0.5, 0.6) is 0 Å². The molecule has 138 valence electrons. The third-order valence-corrected chi connectivity index (χ3v) is 8.60. The molecule has 2 unspecified atom stereocenters. The average molecular weight is 348 g/mol. The molecule has 5 nitrogen and oxygen atoms in total. The second kappa shape index (κ2) is 4.74. The molecule has 4 aliphatic rings. The van der Waals surface area contributed by atoms with Crippen molar-refractivity contribution in [1.82, 2.24) is 0 Å². The van der Waals surface area contributed by atoms with E-state index < -0.39 is 39.8 Å². The van der Waals surface area contributed by atoms with E-state index in [-0.39, 0.29) is 18.1 Å². The number of carboxylic acid groups (broad SMARTS) is 1. The molecule has 2 bridgehead atoms. The second-order valence-corrected chi connectivity index (χ2v) is 9.48. The van der Waals surface area contributed by atoms with Crippen LogP contribution >= 0.6 is 0 Å². The summed E-state index contributed by atoms with van der Waals surface area (Å²) in [6.07, 6.45) is 2.81. The standard InChI is InChI=1S/C20H28O5/c1-11-12-5-8-20(25)18(3)7-4-6-17(2,16(23)24)14(18)13(21)10-19(20,9-12)15(11)22/h12-14,21,25H,1,4-10H2,2-3H3,(H,23,24)/t12?,13?,14-,17-,18-,19-,20-/m1/s1. The van der Waals surface area contributed by atoms with Crippen molar-refractivity contribution in [3.05, 3.63) is 12.2 Å². The number of carboxylic acids is 1. The Morgan fingerprint density at radius 1 is 1.20 bits per heavy atom. The number of fused-ring (bicyclic) bond motifs is 3. The van der Waals surface area contributed by atoms with Gasteiger partial charge in [0.25, 0.3) is 0 Å². The van der Waals surface area contributed by atoms with Gasteiger partial charge in [-0.3, -0.25) is 9.59 Å². The van der Waals surface area contributed by atoms with Gasteiger partial charge in [0, 0.05) is 11.3 Å². The molecule has 4 rings (SSSR count). The maximum atomic E-state index is 13.1. The topological polar surface area (TPSA) is 94.8 Å². The van der Waals surface area contributed by atoms with Gasteiger partial charge in [-0.2, -0.15) is 0 Å². The highest BCUT2D eigenvalue weighted by molar-refractivity contribution is 6.04. The van der Waals surface area contributed by atoms with E-state index in [1.807, 2.05) is 6.92 Å². The number of aliphatic carboxylic acids is 1. The van der Waals surface area contributed by atoms with E-state index in [1.54, 1.807) is 6.92 Å². The van der Waals surface area contributed by atoms with Crippen LogP contribution in [0.3, 0.4) is 0 Å². The minimum absolute atomic E-state index is 0.0922. The first-order valence-corrected chi connectivity index (χ1v) is 9.41. The summed E-state index contributed by atoms with van der Waals surface area (Å²) in [5.41, 5.74) is -3.55. The minimum Gasteiger partial charge on any atom is -0.481 e. The van der Waals surface area contributed by atoms with Crippen molar-refractivity contribution in [2.75, 3.05) is 0 Å². The highest BCUT2D eigenvalue weighted by atomic mass is 16.4. The third kappa shape index (κ3) is 1.67. The summed E-state index contributed by atoms with van der Waals surface area (Å²) in [5, 5.41) is 32.9. The Labute approximate surface area is 148 Å². The molecule has 4 fully saturated rings. The fraction of sp³-hybridized carbons (Fsp3) is 0.800. The van der Waals surface area contributed by atoms with Crippen molar-refractivity contribution in [3.8, 4) is 0 Å². The average Bonchev–Trinajstić information content (AvgIpc) is 2.73. The number of allylic oxidation sites excluding steroid dienone is 1. The monoisotopic (exact) mass is 348 g/mol. The van der Waals surface area contributed by atoms with Crippen molar-refractivity contribution in [3.63, 3.8) is 0 Å². The van der Waals surface area contributed by atoms with Gasteiger partial charge in [-0.05, 0) is 56.9 Å². The van der Waals surface area contributed by atoms with Gasteiger partial charge in [0.15, 0.2) is 5.78 Å². The van der Waals surface area contributed by atoms with E-state index in [0.717, 1.165) is 0 Å². The molecule has 5 heteroatoms. The smallest absolute Gasteiger partial charge is 0.309 e. The van der Waals surface area contributed by atoms with Crippen molar-refractivity contribution in [1.29, 1.82) is 0 Å². The second-order valence-electron chi connectivity index (χ2n) is 9.48. The SMILES string of the molecule is C=C1C(=O)[C@]23CC1CC[C@@]2(O)[C@]1(C)CCC[C@@](C)(C(=O)O)[C@H]1C(O)C3. The molecule has 1 spiro atoms. The van der Waals surface area contributed by atoms with Crippen molar-refractivity contribution < 1.29 is 24.9 Å². The lowest BCUT2D eigenvalue weighted by Crippen LogP contribution is -2.73. The van der Waals surface area contributed by atoms with E-state index in [2.05, 4.69) is 6.58 Å². The molecular formula is C20H28O5. The van der Waals surface area contributed by atoms with E-state index in [9.17, 15) is 24.9 Å². The number of rotatable bonds is 1. The summed E-state index contributed by atoms with van der Waals surface area (Å²) in [4.78, 5) is 25.2. The Balaban J connectivity index is 1.91. The predicted octanol–water partition coefficient (Wildman–Crippen LogP) is 2.30. The van der Waals surface area contributed by atoms with Crippen LogP contribution in [0.2, 0.25) is 0 Å². The first kappa shape index (κ1) is 17.2. The van der Waals surface area contributed by atoms with Crippen LogP contribution in [0.4, 0.5) is 0 Å². The molecule has 0 heterocycles. The molecule has 0 amide bonds. The zero-order valence-electron chi connectivity index (χ0n) is 15.0. The Kier molecular flexibility index (Phi) is 3.27. The first-order chi connectivity index (χ1) is 11.5. The summed E-state index contributed by atoms with van der Waals surface area (Å²) >= 11 is 0. The molecule has 0 aliphatic heterocycles. The van der Waals surface area contributed by atoms with Crippen molar-refractivity contribution >= 4 is 11.8 Å². The molecule has 0 aromatic heterocycles. The van der Waals surface area contributed by atoms with Crippen LogP contribution in [0.15, 0.2) is 12.2 Å². The van der Waals surface area contributed by atoms with Gasteiger partial charge in [0.2, 0.25) is 0 Å². The highest BCUT2D eigenvalue weighted by Gasteiger charge is 2.77. The van der Waals surface area contributed by atoms with Crippen LogP contribution < -0.4 is 0 Å². The molecule has 25 heavy (non-hydrogen) atoms. The number of aliphatic hydroxyl groups excluding tert-OH is 1. The number of carbonyl (C=O) groups excluding carboxylic acids is 1. The van der Waals surface area contributed by atoms with Crippen LogP contribution in [-0.2, 0) is 9.59 Å². The lowest BCUT2D eigenvalue weighted by molar-refractivity contribution is -0.280. The zero-order chi connectivity index (χ0) is 18.4. The van der Waals surface area contributed by atoms with Crippen molar-refractivity contribution in [2.24, 2.45) is 28.1 Å². The van der Waals surface area contributed by atoms with Crippen LogP contribution in [-0.4, -0.2) is 38.8 Å². The molecular weight excluding hydrogens is 320 g/mol. The summed E-state index contributed by atoms with van der Waals surface area (Å²) in [5.74, 6) is -1.48. The summed E-state index contributed by atoms with van der Waals surface area (Å²) in [6, 6.07) is 0. The molecule has 0 saturated heterocycles. The van der Waals surface area contributed by atoms with Gasteiger partial charge >= 0.3 is 5.97 Å². The molecule has 7 atom stereocenters. The summed E-state index contributed by atoms with van der Waals surface area (Å²) < 4.78 is 0. The van der Waals surface area contributed by atoms with E-state index in [0.29, 0.717) is 44.1 Å². The number of Topliss-reactive ketones (excluding diaryl/α,β-unsaturated/α-hetero) is 1. The molecule has 0 aromatic rings. The fourth-order valence-corrected chi connectivity index (χ4v) is 7.43. The number of aliphatic hydroxyl groups is 2. The Morgan fingerprint density at radius 3 is 2.52 bits per heavy atom. The largest absolute Gasteiger partial charge is 0.481 e. The van der Waals surface area contributed by atoms with Gasteiger partial charge in [0.1, 0.15) is 0 Å². The van der Waals surface area contributed by atoms with Crippen LogP contribution in [0.1, 0.15) is 58.8 Å². The Morgan fingerprint density at radius 2 is 1.88 bits per heavy atom. The normalized spacial score (nSPS) is 54.8. The number of ketones is 1. The minimum atomic E-state index is -1.27. The third-order valence-electron chi connectivity index (χ3n) is 8.60. The van der Waals surface area contributed by atoms with Crippen molar-refractivity contribution in [2.45, 2.75) is 70.5 Å². The first-order valence-electron chi connectivity index (χ1n) is 9.41. The highest BCUT2D eigenvalue weighted by Crippen LogP contribution is 2.72.